The average molecular weight is 407 g/mol. The van der Waals surface area contributed by atoms with Crippen molar-refractivity contribution in [2.24, 2.45) is 0 Å². The summed E-state index contributed by atoms with van der Waals surface area (Å²) in [5.41, 5.74) is 0.374. The molecule has 3 rings (SSSR count). The van der Waals surface area contributed by atoms with Crippen LogP contribution in [0, 0.1) is 0 Å². The van der Waals surface area contributed by atoms with Gasteiger partial charge in [0.2, 0.25) is 10.0 Å². The third kappa shape index (κ3) is 3.77. The molecule has 2 aliphatic rings. The minimum atomic E-state index is -3.62. The number of benzene rings is 1. The van der Waals surface area contributed by atoms with Crippen LogP contribution in [0.5, 0.6) is 5.75 Å². The lowest BCUT2D eigenvalue weighted by Gasteiger charge is -2.23. The van der Waals surface area contributed by atoms with E-state index in [0.717, 1.165) is 17.7 Å². The fourth-order valence-corrected chi connectivity index (χ4v) is 4.87. The standard InChI is InChI=1S/C19H25N3O5S/c1-4-9-21-18(23)13-22(19(21)24)16-8-7-15(12-17(16)27-14(2)3)28(25,26)20-10-5-6-11-20/h4,7-8,12,14H,1,5-6,9-11,13H2,2-3H3. The molecule has 1 aromatic rings. The smallest absolute Gasteiger partial charge is 0.332 e. The molecule has 0 spiro atoms. The molecular weight excluding hydrogens is 382 g/mol. The van der Waals surface area contributed by atoms with Crippen LogP contribution in [-0.2, 0) is 14.8 Å². The van der Waals surface area contributed by atoms with E-state index in [1.807, 2.05) is 13.8 Å². The number of urea groups is 1. The maximum Gasteiger partial charge on any atom is 0.332 e. The molecule has 0 bridgehead atoms. The molecular formula is C19H25N3O5S. The number of imide groups is 1. The SMILES string of the molecule is C=CCN1C(=O)CN(c2ccc(S(=O)(=O)N3CCCC3)cc2OC(C)C)C1=O. The number of amides is 3. The lowest BCUT2D eigenvalue weighted by molar-refractivity contribution is -0.124. The van der Waals surface area contributed by atoms with Gasteiger partial charge >= 0.3 is 6.03 Å². The maximum atomic E-state index is 12.9. The second-order valence-electron chi connectivity index (χ2n) is 7.07. The Bertz CT molecular complexity index is 891. The average Bonchev–Trinajstić information content (AvgIpc) is 3.26. The van der Waals surface area contributed by atoms with Gasteiger partial charge in [-0.05, 0) is 38.8 Å². The Morgan fingerprint density at radius 3 is 2.50 bits per heavy atom. The van der Waals surface area contributed by atoms with Crippen molar-refractivity contribution >= 4 is 27.6 Å². The summed E-state index contributed by atoms with van der Waals surface area (Å²) in [5.74, 6) is -0.0777. The van der Waals surface area contributed by atoms with Crippen LogP contribution < -0.4 is 9.64 Å². The number of anilines is 1. The van der Waals surface area contributed by atoms with E-state index < -0.39 is 16.1 Å². The van der Waals surface area contributed by atoms with Gasteiger partial charge in [0.1, 0.15) is 12.3 Å². The molecule has 0 N–H and O–H groups in total. The Balaban J connectivity index is 1.99. The van der Waals surface area contributed by atoms with Crippen molar-refractivity contribution in [2.45, 2.75) is 37.7 Å². The number of carbonyl (C=O) groups excluding carboxylic acids is 2. The van der Waals surface area contributed by atoms with E-state index in [0.29, 0.717) is 18.8 Å². The van der Waals surface area contributed by atoms with Gasteiger partial charge in [0.05, 0.1) is 16.7 Å². The highest BCUT2D eigenvalue weighted by Gasteiger charge is 2.38. The van der Waals surface area contributed by atoms with E-state index in [2.05, 4.69) is 6.58 Å². The van der Waals surface area contributed by atoms with Gasteiger partial charge in [0.25, 0.3) is 5.91 Å². The molecule has 9 heteroatoms. The lowest BCUT2D eigenvalue weighted by atomic mass is 10.2. The van der Waals surface area contributed by atoms with Crippen molar-refractivity contribution in [2.75, 3.05) is 31.1 Å². The van der Waals surface area contributed by atoms with Crippen molar-refractivity contribution in [1.82, 2.24) is 9.21 Å². The Hall–Kier alpha value is -2.39. The zero-order chi connectivity index (χ0) is 20.5. The van der Waals surface area contributed by atoms with Crippen LogP contribution in [0.3, 0.4) is 0 Å². The maximum absolute atomic E-state index is 12.9. The molecule has 0 aliphatic carbocycles. The van der Waals surface area contributed by atoms with Gasteiger partial charge in [-0.25, -0.2) is 13.2 Å². The zero-order valence-corrected chi connectivity index (χ0v) is 16.9. The van der Waals surface area contributed by atoms with Crippen LogP contribution in [0.4, 0.5) is 10.5 Å². The zero-order valence-electron chi connectivity index (χ0n) is 16.1. The van der Waals surface area contributed by atoms with Gasteiger partial charge in [-0.1, -0.05) is 6.08 Å². The Morgan fingerprint density at radius 2 is 1.89 bits per heavy atom. The highest BCUT2D eigenvalue weighted by Crippen LogP contribution is 2.35. The molecule has 28 heavy (non-hydrogen) atoms. The first-order valence-electron chi connectivity index (χ1n) is 9.29. The van der Waals surface area contributed by atoms with Gasteiger partial charge in [-0.2, -0.15) is 4.31 Å². The van der Waals surface area contributed by atoms with Crippen molar-refractivity contribution in [1.29, 1.82) is 0 Å². The van der Waals surface area contributed by atoms with Crippen LogP contribution in [0.15, 0.2) is 35.7 Å². The molecule has 0 aromatic heterocycles. The highest BCUT2D eigenvalue weighted by atomic mass is 32.2. The first-order valence-corrected chi connectivity index (χ1v) is 10.7. The quantitative estimate of drug-likeness (QED) is 0.511. The summed E-state index contributed by atoms with van der Waals surface area (Å²) >= 11 is 0. The molecule has 3 amide bonds. The number of hydrogen-bond acceptors (Lipinski definition) is 5. The molecule has 2 fully saturated rings. The largest absolute Gasteiger partial charge is 0.489 e. The van der Waals surface area contributed by atoms with Crippen molar-refractivity contribution in [3.05, 3.63) is 30.9 Å². The summed E-state index contributed by atoms with van der Waals surface area (Å²) in [5, 5.41) is 0. The Labute approximate surface area is 165 Å². The van der Waals surface area contributed by atoms with E-state index in [1.54, 1.807) is 0 Å². The van der Waals surface area contributed by atoms with E-state index in [-0.39, 0.29) is 35.7 Å². The Kier molecular flexibility index (Phi) is 5.76. The fourth-order valence-electron chi connectivity index (χ4n) is 3.34. The molecule has 152 valence electrons. The second kappa shape index (κ2) is 7.92. The number of carbonyl (C=O) groups is 2. The normalized spacial score (nSPS) is 18.4. The number of nitrogens with zero attached hydrogens (tertiary/aromatic N) is 3. The van der Waals surface area contributed by atoms with Gasteiger partial charge in [-0.15, -0.1) is 6.58 Å². The predicted molar refractivity (Wildman–Crippen MR) is 105 cm³/mol. The molecule has 0 radical (unpaired) electrons. The Morgan fingerprint density at radius 1 is 1.21 bits per heavy atom. The van der Waals surface area contributed by atoms with E-state index in [9.17, 15) is 18.0 Å². The third-order valence-electron chi connectivity index (χ3n) is 4.66. The van der Waals surface area contributed by atoms with Gasteiger partial charge in [-0.3, -0.25) is 14.6 Å². The first-order chi connectivity index (χ1) is 13.3. The number of hydrogen-bond donors (Lipinski definition) is 0. The van der Waals surface area contributed by atoms with Crippen LogP contribution in [-0.4, -0.2) is 61.8 Å². The monoisotopic (exact) mass is 407 g/mol. The van der Waals surface area contributed by atoms with Gasteiger partial charge in [0.15, 0.2) is 0 Å². The second-order valence-corrected chi connectivity index (χ2v) is 9.01. The molecule has 2 aliphatic heterocycles. The van der Waals surface area contributed by atoms with E-state index >= 15 is 0 Å². The molecule has 8 nitrogen and oxygen atoms in total. The molecule has 0 saturated carbocycles. The number of rotatable bonds is 7. The predicted octanol–water partition coefficient (Wildman–Crippen LogP) is 2.21. The highest BCUT2D eigenvalue weighted by molar-refractivity contribution is 7.89. The third-order valence-corrected chi connectivity index (χ3v) is 6.55. The summed E-state index contributed by atoms with van der Waals surface area (Å²) in [7, 11) is -3.62. The van der Waals surface area contributed by atoms with Crippen LogP contribution in [0.1, 0.15) is 26.7 Å². The van der Waals surface area contributed by atoms with Crippen molar-refractivity contribution in [3.63, 3.8) is 0 Å². The summed E-state index contributed by atoms with van der Waals surface area (Å²) < 4.78 is 33.0. The van der Waals surface area contributed by atoms with Gasteiger partial charge < -0.3 is 4.74 Å². The van der Waals surface area contributed by atoms with Crippen molar-refractivity contribution in [3.8, 4) is 5.75 Å². The summed E-state index contributed by atoms with van der Waals surface area (Å²) in [6, 6.07) is 3.96. The summed E-state index contributed by atoms with van der Waals surface area (Å²) in [6.45, 7) is 8.18. The number of ether oxygens (including phenoxy) is 1. The minimum absolute atomic E-state index is 0.120. The number of sulfonamides is 1. The van der Waals surface area contributed by atoms with Crippen LogP contribution in [0.25, 0.3) is 0 Å². The first kappa shape index (κ1) is 20.3. The van der Waals surface area contributed by atoms with Gasteiger partial charge in [0, 0.05) is 25.7 Å². The van der Waals surface area contributed by atoms with Crippen molar-refractivity contribution < 1.29 is 22.7 Å². The fraction of sp³-hybridized carbons (Fsp3) is 0.474. The summed E-state index contributed by atoms with van der Waals surface area (Å²) in [6.07, 6.45) is 2.93. The molecule has 1 aromatic carbocycles. The molecule has 0 unspecified atom stereocenters. The van der Waals surface area contributed by atoms with E-state index in [1.165, 1.54) is 33.5 Å². The molecule has 0 atom stereocenters. The lowest BCUT2D eigenvalue weighted by Crippen LogP contribution is -2.33. The minimum Gasteiger partial charge on any atom is -0.489 e. The summed E-state index contributed by atoms with van der Waals surface area (Å²) in [4.78, 5) is 27.3. The topological polar surface area (TPSA) is 87.2 Å². The van der Waals surface area contributed by atoms with E-state index in [4.69, 9.17) is 4.74 Å². The molecule has 2 saturated heterocycles. The van der Waals surface area contributed by atoms with Crippen LogP contribution in [0.2, 0.25) is 0 Å². The molecule has 2 heterocycles. The van der Waals surface area contributed by atoms with Crippen LogP contribution >= 0.6 is 0 Å².